The fourth-order valence-electron chi connectivity index (χ4n) is 2.45. The molecule has 0 unspecified atom stereocenters. The second-order valence-corrected chi connectivity index (χ2v) is 5.59. The Bertz CT molecular complexity index is 610. The summed E-state index contributed by atoms with van der Waals surface area (Å²) in [4.78, 5) is 0. The van der Waals surface area contributed by atoms with Gasteiger partial charge in [-0.3, -0.25) is 0 Å². The third-order valence-corrected chi connectivity index (χ3v) is 3.85. The van der Waals surface area contributed by atoms with Gasteiger partial charge in [0.15, 0.2) is 0 Å². The second-order valence-electron chi connectivity index (χ2n) is 5.59. The minimum absolute atomic E-state index is 0. The minimum atomic E-state index is -4.31. The van der Waals surface area contributed by atoms with E-state index in [9.17, 15) is 13.2 Å². The predicted molar refractivity (Wildman–Crippen MR) is 94.0 cm³/mol. The molecule has 0 aromatic heterocycles. The van der Waals surface area contributed by atoms with Gasteiger partial charge in [-0.05, 0) is 48.2 Å². The van der Waals surface area contributed by atoms with Crippen LogP contribution in [0.25, 0.3) is 11.1 Å². The maximum Gasteiger partial charge on any atom is 0.416 e. The van der Waals surface area contributed by atoms with Crippen LogP contribution in [0, 0.1) is 0 Å². The molecule has 2 aromatic rings. The van der Waals surface area contributed by atoms with E-state index in [1.165, 1.54) is 12.1 Å². The van der Waals surface area contributed by atoms with E-state index in [0.29, 0.717) is 6.54 Å². The maximum absolute atomic E-state index is 12.6. The van der Waals surface area contributed by atoms with Gasteiger partial charge in [0.2, 0.25) is 0 Å². The average molecular weight is 359 g/mol. The van der Waals surface area contributed by atoms with E-state index in [1.54, 1.807) is 0 Å². The fraction of sp³-hybridized carbons (Fsp3) is 0.333. The number of unbranched alkanes of at least 4 members (excludes halogenated alkanes) is 1. The van der Waals surface area contributed by atoms with Gasteiger partial charge in [0, 0.05) is 6.04 Å². The van der Waals surface area contributed by atoms with E-state index in [4.69, 9.17) is 11.5 Å². The van der Waals surface area contributed by atoms with Crippen LogP contribution in [0.2, 0.25) is 0 Å². The van der Waals surface area contributed by atoms with Crippen molar-refractivity contribution in [2.45, 2.75) is 31.5 Å². The first kappa shape index (κ1) is 20.5. The predicted octanol–water partition coefficient (Wildman–Crippen LogP) is 4.92. The lowest BCUT2D eigenvalue weighted by Crippen LogP contribution is -2.11. The van der Waals surface area contributed by atoms with Crippen LogP contribution in [-0.2, 0) is 6.18 Å². The van der Waals surface area contributed by atoms with Gasteiger partial charge in [0.25, 0.3) is 0 Å². The molecule has 2 aromatic carbocycles. The molecule has 0 aliphatic heterocycles. The van der Waals surface area contributed by atoms with Crippen LogP contribution in [0.1, 0.15) is 36.4 Å². The van der Waals surface area contributed by atoms with Gasteiger partial charge in [-0.2, -0.15) is 13.2 Å². The third-order valence-electron chi connectivity index (χ3n) is 3.85. The van der Waals surface area contributed by atoms with E-state index in [0.717, 1.165) is 48.1 Å². The van der Waals surface area contributed by atoms with Gasteiger partial charge in [0.05, 0.1) is 5.56 Å². The number of rotatable bonds is 6. The van der Waals surface area contributed by atoms with Crippen LogP contribution >= 0.6 is 12.4 Å². The summed E-state index contributed by atoms with van der Waals surface area (Å²) in [5.41, 5.74) is 13.6. The van der Waals surface area contributed by atoms with Crippen molar-refractivity contribution in [1.29, 1.82) is 0 Å². The smallest absolute Gasteiger partial charge is 0.330 e. The molecule has 0 aliphatic rings. The first-order chi connectivity index (χ1) is 10.9. The van der Waals surface area contributed by atoms with Gasteiger partial charge in [0.1, 0.15) is 0 Å². The van der Waals surface area contributed by atoms with Crippen molar-refractivity contribution in [1.82, 2.24) is 0 Å². The van der Waals surface area contributed by atoms with Crippen molar-refractivity contribution in [2.24, 2.45) is 11.5 Å². The molecular weight excluding hydrogens is 337 g/mol. The zero-order valence-electron chi connectivity index (χ0n) is 13.2. The van der Waals surface area contributed by atoms with E-state index in [1.807, 2.05) is 24.3 Å². The highest BCUT2D eigenvalue weighted by atomic mass is 35.5. The molecule has 0 saturated carbocycles. The second kappa shape index (κ2) is 9.06. The van der Waals surface area contributed by atoms with Gasteiger partial charge in [-0.15, -0.1) is 12.4 Å². The lowest BCUT2D eigenvalue weighted by atomic mass is 9.98. The molecular formula is C18H22ClF3N2. The summed E-state index contributed by atoms with van der Waals surface area (Å²) >= 11 is 0. The SMILES string of the molecule is Cl.NCCCC[C@@H](N)c1ccc(-c2ccc(C(F)(F)F)cc2)cc1. The molecule has 0 amide bonds. The Kier molecular flexibility index (Phi) is 7.73. The van der Waals surface area contributed by atoms with Crippen LogP contribution < -0.4 is 11.5 Å². The lowest BCUT2D eigenvalue weighted by Gasteiger charge is -2.13. The molecule has 2 rings (SSSR count). The Balaban J connectivity index is 0.00000288. The summed E-state index contributed by atoms with van der Waals surface area (Å²) in [6.45, 7) is 0.666. The Labute approximate surface area is 146 Å². The van der Waals surface area contributed by atoms with Crippen LogP contribution in [0.5, 0.6) is 0 Å². The quantitative estimate of drug-likeness (QED) is 0.720. The van der Waals surface area contributed by atoms with Crippen LogP contribution in [0.15, 0.2) is 48.5 Å². The summed E-state index contributed by atoms with van der Waals surface area (Å²) in [5.74, 6) is 0. The number of benzene rings is 2. The van der Waals surface area contributed by atoms with Gasteiger partial charge < -0.3 is 11.5 Å². The number of alkyl halides is 3. The molecule has 0 bridgehead atoms. The van der Waals surface area contributed by atoms with Crippen molar-refractivity contribution in [3.8, 4) is 11.1 Å². The monoisotopic (exact) mass is 358 g/mol. The Morgan fingerprint density at radius 3 is 1.79 bits per heavy atom. The van der Waals surface area contributed by atoms with Crippen molar-refractivity contribution >= 4 is 12.4 Å². The van der Waals surface area contributed by atoms with Crippen molar-refractivity contribution in [3.63, 3.8) is 0 Å². The molecule has 0 fully saturated rings. The van der Waals surface area contributed by atoms with Crippen LogP contribution in [0.3, 0.4) is 0 Å². The zero-order valence-corrected chi connectivity index (χ0v) is 14.0. The average Bonchev–Trinajstić information content (AvgIpc) is 2.54. The summed E-state index contributed by atoms with van der Waals surface area (Å²) in [6, 6.07) is 12.8. The van der Waals surface area contributed by atoms with E-state index >= 15 is 0 Å². The first-order valence-corrected chi connectivity index (χ1v) is 7.65. The highest BCUT2D eigenvalue weighted by Crippen LogP contribution is 2.31. The normalized spacial score (nSPS) is 12.5. The van der Waals surface area contributed by atoms with Crippen LogP contribution in [-0.4, -0.2) is 6.54 Å². The third kappa shape index (κ3) is 5.51. The fourth-order valence-corrected chi connectivity index (χ4v) is 2.45. The van der Waals surface area contributed by atoms with E-state index < -0.39 is 11.7 Å². The Morgan fingerprint density at radius 2 is 1.33 bits per heavy atom. The maximum atomic E-state index is 12.6. The summed E-state index contributed by atoms with van der Waals surface area (Å²) in [7, 11) is 0. The molecule has 132 valence electrons. The zero-order chi connectivity index (χ0) is 16.9. The largest absolute Gasteiger partial charge is 0.416 e. The Morgan fingerprint density at radius 1 is 0.833 bits per heavy atom. The highest BCUT2D eigenvalue weighted by molar-refractivity contribution is 5.85. The molecule has 2 nitrogen and oxygen atoms in total. The molecule has 0 saturated heterocycles. The molecule has 0 spiro atoms. The highest BCUT2D eigenvalue weighted by Gasteiger charge is 2.29. The number of halogens is 4. The molecule has 4 N–H and O–H groups in total. The van der Waals surface area contributed by atoms with Crippen molar-refractivity contribution in [3.05, 3.63) is 59.7 Å². The number of hydrogen-bond acceptors (Lipinski definition) is 2. The number of nitrogens with two attached hydrogens (primary N) is 2. The Hall–Kier alpha value is -1.56. The molecule has 1 atom stereocenters. The lowest BCUT2D eigenvalue weighted by molar-refractivity contribution is -0.137. The van der Waals surface area contributed by atoms with Crippen molar-refractivity contribution in [2.75, 3.05) is 6.54 Å². The standard InChI is InChI=1S/C18H21F3N2.ClH/c19-18(20,21)16-10-8-14(9-11-16)13-4-6-15(7-5-13)17(23)3-1-2-12-22;/h4-11,17H,1-3,12,22-23H2;1H/t17-;/m1./s1. The molecule has 0 heterocycles. The van der Waals surface area contributed by atoms with E-state index in [-0.39, 0.29) is 18.4 Å². The number of hydrogen-bond donors (Lipinski definition) is 2. The topological polar surface area (TPSA) is 52.0 Å². The van der Waals surface area contributed by atoms with Gasteiger partial charge in [-0.25, -0.2) is 0 Å². The minimum Gasteiger partial charge on any atom is -0.330 e. The molecule has 24 heavy (non-hydrogen) atoms. The van der Waals surface area contributed by atoms with Gasteiger partial charge >= 0.3 is 6.18 Å². The van der Waals surface area contributed by atoms with Crippen molar-refractivity contribution < 1.29 is 13.2 Å². The molecule has 6 heteroatoms. The van der Waals surface area contributed by atoms with Crippen LogP contribution in [0.4, 0.5) is 13.2 Å². The van der Waals surface area contributed by atoms with E-state index in [2.05, 4.69) is 0 Å². The molecule has 0 radical (unpaired) electrons. The first-order valence-electron chi connectivity index (χ1n) is 7.65. The summed E-state index contributed by atoms with van der Waals surface area (Å²) < 4.78 is 37.7. The summed E-state index contributed by atoms with van der Waals surface area (Å²) in [6.07, 6.45) is -1.49. The summed E-state index contributed by atoms with van der Waals surface area (Å²) in [5, 5.41) is 0. The van der Waals surface area contributed by atoms with Gasteiger partial charge in [-0.1, -0.05) is 42.8 Å². The molecule has 0 aliphatic carbocycles.